The van der Waals surface area contributed by atoms with E-state index in [2.05, 4.69) is 33.0 Å². The molecule has 2 aliphatic heterocycles. The second-order valence-corrected chi connectivity index (χ2v) is 8.64. The molecular weight excluding hydrogens is 479 g/mol. The van der Waals surface area contributed by atoms with Crippen LogP contribution in [-0.4, -0.2) is 63.3 Å². The largest absolute Gasteiger partial charge is 0.490 e. The molecule has 2 atom stereocenters. The number of likely N-dealkylation sites (tertiary alicyclic amines) is 1. The number of nitrogens with one attached hydrogen (secondary N) is 3. The van der Waals surface area contributed by atoms with Crippen molar-refractivity contribution in [3.05, 3.63) is 59.8 Å². The summed E-state index contributed by atoms with van der Waals surface area (Å²) in [5.74, 6) is -2.89. The van der Waals surface area contributed by atoms with Crippen LogP contribution in [0, 0.1) is 5.92 Å². The Bertz CT molecular complexity index is 1280. The number of amides is 2. The van der Waals surface area contributed by atoms with Crippen molar-refractivity contribution in [2.24, 2.45) is 5.92 Å². The van der Waals surface area contributed by atoms with E-state index in [1.165, 1.54) is 11.1 Å². The fraction of sp³-hybridized carbons (Fsp3) is 0.333. The summed E-state index contributed by atoms with van der Waals surface area (Å²) >= 11 is 0. The Morgan fingerprint density at radius 3 is 2.56 bits per heavy atom. The zero-order valence-electron chi connectivity index (χ0n) is 19.0. The molecule has 2 amide bonds. The minimum Gasteiger partial charge on any atom is -0.475 e. The molecule has 0 saturated carbocycles. The first-order chi connectivity index (χ1) is 17.1. The van der Waals surface area contributed by atoms with Gasteiger partial charge in [-0.15, -0.1) is 0 Å². The summed E-state index contributed by atoms with van der Waals surface area (Å²) in [5.41, 5.74) is 4.17. The number of carboxylic acids is 1. The Morgan fingerprint density at radius 2 is 1.83 bits per heavy atom. The van der Waals surface area contributed by atoms with Crippen LogP contribution in [0.3, 0.4) is 0 Å². The molecule has 3 aromatic rings. The molecule has 2 aromatic carbocycles. The average Bonchev–Trinajstić information content (AvgIpc) is 3.53. The van der Waals surface area contributed by atoms with Crippen LogP contribution in [0.15, 0.2) is 48.7 Å². The van der Waals surface area contributed by atoms with Crippen LogP contribution in [0.25, 0.3) is 10.9 Å². The van der Waals surface area contributed by atoms with Gasteiger partial charge in [0.05, 0.1) is 23.7 Å². The van der Waals surface area contributed by atoms with Gasteiger partial charge in [-0.1, -0.05) is 24.3 Å². The predicted octanol–water partition coefficient (Wildman–Crippen LogP) is 2.70. The highest BCUT2D eigenvalue weighted by molar-refractivity contribution is 5.95. The first-order valence-electron chi connectivity index (χ1n) is 11.2. The number of anilines is 1. The van der Waals surface area contributed by atoms with Crippen molar-refractivity contribution < 1.29 is 32.7 Å². The predicted molar refractivity (Wildman–Crippen MR) is 124 cm³/mol. The van der Waals surface area contributed by atoms with E-state index in [1.807, 2.05) is 35.2 Å². The van der Waals surface area contributed by atoms with Crippen LogP contribution in [0.1, 0.15) is 17.5 Å². The number of hydrogen-bond acceptors (Lipinski definition) is 5. The number of halogens is 3. The van der Waals surface area contributed by atoms with E-state index in [0.29, 0.717) is 32.5 Å². The van der Waals surface area contributed by atoms with Crippen LogP contribution < -0.4 is 10.6 Å². The second-order valence-electron chi connectivity index (χ2n) is 8.64. The molecule has 3 heterocycles. The topological polar surface area (TPSA) is 127 Å². The first-order valence-corrected chi connectivity index (χ1v) is 11.2. The second kappa shape index (κ2) is 10.4. The van der Waals surface area contributed by atoms with E-state index in [4.69, 9.17) is 9.90 Å². The zero-order chi connectivity index (χ0) is 25.9. The number of alkyl halides is 3. The van der Waals surface area contributed by atoms with Gasteiger partial charge in [0, 0.05) is 30.7 Å². The van der Waals surface area contributed by atoms with Crippen molar-refractivity contribution in [1.29, 1.82) is 0 Å². The Morgan fingerprint density at radius 1 is 1.11 bits per heavy atom. The van der Waals surface area contributed by atoms with E-state index in [0.717, 1.165) is 16.6 Å². The van der Waals surface area contributed by atoms with E-state index in [9.17, 15) is 22.8 Å². The quantitative estimate of drug-likeness (QED) is 0.435. The van der Waals surface area contributed by atoms with Gasteiger partial charge in [0.2, 0.25) is 11.8 Å². The van der Waals surface area contributed by atoms with Gasteiger partial charge in [-0.05, 0) is 42.2 Å². The number of hydrogen-bond donors (Lipinski definition) is 4. The molecule has 9 nitrogen and oxygen atoms in total. The summed E-state index contributed by atoms with van der Waals surface area (Å²) in [6.07, 6.45) is -1.96. The van der Waals surface area contributed by atoms with E-state index in [1.54, 1.807) is 6.20 Å². The standard InChI is InChI=1S/C22H23N5O2.C2HF3O2/c28-21(25-18-5-6-19-17(9-18)12-24-26-19)16-7-8-27(13-16)22(29)20-10-14-3-1-2-4-15(14)11-23-20;3-2(4,5)1(6)7/h1-6,9,12,16,20,23H,7-8,10-11,13H2,(H,24,26)(H,25,28);(H,6,7)/t16?,20-;/m1./s1. The third-order valence-electron chi connectivity index (χ3n) is 6.20. The van der Waals surface area contributed by atoms with Crippen LogP contribution >= 0.6 is 0 Å². The van der Waals surface area contributed by atoms with Crippen molar-refractivity contribution in [3.8, 4) is 0 Å². The van der Waals surface area contributed by atoms with Gasteiger partial charge >= 0.3 is 12.1 Å². The number of rotatable bonds is 3. The molecule has 0 bridgehead atoms. The summed E-state index contributed by atoms with van der Waals surface area (Å²) in [6.45, 7) is 1.80. The Labute approximate surface area is 203 Å². The van der Waals surface area contributed by atoms with Crippen LogP contribution in [-0.2, 0) is 27.3 Å². The molecule has 1 aromatic heterocycles. The number of carbonyl (C=O) groups is 3. The molecule has 0 aliphatic carbocycles. The number of aromatic amines is 1. The Kier molecular flexibility index (Phi) is 7.25. The molecule has 1 saturated heterocycles. The van der Waals surface area contributed by atoms with Crippen molar-refractivity contribution in [2.45, 2.75) is 31.6 Å². The Hall–Kier alpha value is -3.93. The van der Waals surface area contributed by atoms with Crippen molar-refractivity contribution in [2.75, 3.05) is 18.4 Å². The van der Waals surface area contributed by atoms with Gasteiger partial charge < -0.3 is 20.6 Å². The summed E-state index contributed by atoms with van der Waals surface area (Å²) < 4.78 is 31.7. The lowest BCUT2D eigenvalue weighted by Crippen LogP contribution is -2.49. The molecule has 1 fully saturated rings. The van der Waals surface area contributed by atoms with Gasteiger partial charge in [0.1, 0.15) is 0 Å². The number of carboxylic acid groups (broad SMARTS) is 1. The number of carbonyl (C=O) groups excluding carboxylic acids is 2. The number of nitrogens with zero attached hydrogens (tertiary/aromatic N) is 2. The summed E-state index contributed by atoms with van der Waals surface area (Å²) in [4.78, 5) is 36.4. The molecule has 5 rings (SSSR count). The number of aromatic nitrogens is 2. The van der Waals surface area contributed by atoms with Gasteiger partial charge in [-0.25, -0.2) is 4.79 Å². The smallest absolute Gasteiger partial charge is 0.475 e. The lowest BCUT2D eigenvalue weighted by atomic mass is 9.95. The SMILES string of the molecule is O=C(Nc1ccc2[nH]ncc2c1)C1CCN(C(=O)[C@H]2Cc3ccccc3CN2)C1.O=C(O)C(F)(F)F. The molecule has 2 aliphatic rings. The van der Waals surface area contributed by atoms with Gasteiger partial charge in [-0.3, -0.25) is 14.7 Å². The average molecular weight is 503 g/mol. The van der Waals surface area contributed by atoms with Gasteiger partial charge in [0.15, 0.2) is 0 Å². The fourth-order valence-electron chi connectivity index (χ4n) is 4.29. The first kappa shape index (κ1) is 25.2. The number of aliphatic carboxylic acids is 1. The van der Waals surface area contributed by atoms with Crippen molar-refractivity contribution in [3.63, 3.8) is 0 Å². The van der Waals surface area contributed by atoms with Crippen LogP contribution in [0.5, 0.6) is 0 Å². The lowest BCUT2D eigenvalue weighted by molar-refractivity contribution is -0.192. The number of benzene rings is 2. The highest BCUT2D eigenvalue weighted by Crippen LogP contribution is 2.23. The monoisotopic (exact) mass is 503 g/mol. The minimum absolute atomic E-state index is 0.0370. The normalized spacial score (nSPS) is 19.2. The van der Waals surface area contributed by atoms with Crippen molar-refractivity contribution in [1.82, 2.24) is 20.4 Å². The van der Waals surface area contributed by atoms with Crippen molar-refractivity contribution >= 4 is 34.4 Å². The minimum atomic E-state index is -5.08. The molecule has 4 N–H and O–H groups in total. The third-order valence-corrected chi connectivity index (χ3v) is 6.20. The van der Waals surface area contributed by atoms with E-state index >= 15 is 0 Å². The number of H-pyrrole nitrogens is 1. The maximum Gasteiger partial charge on any atom is 0.490 e. The third kappa shape index (κ3) is 5.82. The molecule has 0 radical (unpaired) electrons. The lowest BCUT2D eigenvalue weighted by Gasteiger charge is -2.29. The molecule has 190 valence electrons. The van der Waals surface area contributed by atoms with Crippen LogP contribution in [0.2, 0.25) is 0 Å². The fourth-order valence-corrected chi connectivity index (χ4v) is 4.29. The molecule has 0 spiro atoms. The van der Waals surface area contributed by atoms with E-state index < -0.39 is 12.1 Å². The zero-order valence-corrected chi connectivity index (χ0v) is 19.0. The summed E-state index contributed by atoms with van der Waals surface area (Å²) in [7, 11) is 0. The number of fused-ring (bicyclic) bond motifs is 2. The molecule has 36 heavy (non-hydrogen) atoms. The molecule has 1 unspecified atom stereocenters. The van der Waals surface area contributed by atoms with E-state index in [-0.39, 0.29) is 23.8 Å². The highest BCUT2D eigenvalue weighted by atomic mass is 19.4. The summed E-state index contributed by atoms with van der Waals surface area (Å²) in [6, 6.07) is 13.7. The summed E-state index contributed by atoms with van der Waals surface area (Å²) in [5, 5.41) is 21.3. The van der Waals surface area contributed by atoms with Crippen LogP contribution in [0.4, 0.5) is 18.9 Å². The van der Waals surface area contributed by atoms with Gasteiger partial charge in [-0.2, -0.15) is 18.3 Å². The molecular formula is C24H24F3N5O4. The highest BCUT2D eigenvalue weighted by Gasteiger charge is 2.38. The molecule has 12 heteroatoms. The maximum absolute atomic E-state index is 13.0. The maximum atomic E-state index is 13.0. The van der Waals surface area contributed by atoms with Gasteiger partial charge in [0.25, 0.3) is 0 Å². The Balaban J connectivity index is 0.000000384.